The highest BCUT2D eigenvalue weighted by atomic mass is 32.2. The zero-order valence-electron chi connectivity index (χ0n) is 18.3. The Bertz CT molecular complexity index is 719. The van der Waals surface area contributed by atoms with Gasteiger partial charge in [0.2, 0.25) is 0 Å². The Kier molecular flexibility index (Phi) is 11.4. The lowest BCUT2D eigenvalue weighted by molar-refractivity contribution is 0.0205. The number of rotatable bonds is 13. The SMILES string of the molecule is c1ccc(SCCNC(=NCCCOCC2CCOCC2)NCCc2ccco2)cc1. The summed E-state index contributed by atoms with van der Waals surface area (Å²) in [5.41, 5.74) is 0. The van der Waals surface area contributed by atoms with E-state index in [0.29, 0.717) is 5.92 Å². The van der Waals surface area contributed by atoms with Gasteiger partial charge in [-0.2, -0.15) is 0 Å². The van der Waals surface area contributed by atoms with Crippen molar-refractivity contribution in [3.8, 4) is 0 Å². The molecule has 1 fully saturated rings. The number of aliphatic imine (C=N–C) groups is 1. The van der Waals surface area contributed by atoms with E-state index in [1.807, 2.05) is 30.0 Å². The van der Waals surface area contributed by atoms with Crippen LogP contribution in [0.1, 0.15) is 25.0 Å². The maximum Gasteiger partial charge on any atom is 0.191 e. The van der Waals surface area contributed by atoms with Gasteiger partial charge in [-0.25, -0.2) is 0 Å². The minimum Gasteiger partial charge on any atom is -0.469 e. The topological polar surface area (TPSA) is 68.0 Å². The highest BCUT2D eigenvalue weighted by molar-refractivity contribution is 7.99. The zero-order chi connectivity index (χ0) is 21.4. The lowest BCUT2D eigenvalue weighted by Crippen LogP contribution is -2.39. The Hall–Kier alpha value is -1.96. The first kappa shape index (κ1) is 23.7. The fourth-order valence-corrected chi connectivity index (χ4v) is 4.10. The summed E-state index contributed by atoms with van der Waals surface area (Å²) in [6, 6.07) is 14.4. The van der Waals surface area contributed by atoms with Gasteiger partial charge in [0.15, 0.2) is 5.96 Å². The van der Waals surface area contributed by atoms with Crippen LogP contribution in [0.4, 0.5) is 0 Å². The van der Waals surface area contributed by atoms with Crippen molar-refractivity contribution in [2.75, 3.05) is 51.8 Å². The number of furan rings is 1. The Morgan fingerprint density at radius 1 is 1.06 bits per heavy atom. The summed E-state index contributed by atoms with van der Waals surface area (Å²) in [6.45, 7) is 5.73. The fraction of sp³-hybridized carbons (Fsp3) is 0.542. The third kappa shape index (κ3) is 10.3. The summed E-state index contributed by atoms with van der Waals surface area (Å²) in [5.74, 6) is 3.47. The van der Waals surface area contributed by atoms with Gasteiger partial charge in [0, 0.05) is 63.1 Å². The van der Waals surface area contributed by atoms with E-state index in [-0.39, 0.29) is 0 Å². The van der Waals surface area contributed by atoms with Crippen molar-refractivity contribution in [1.82, 2.24) is 10.6 Å². The van der Waals surface area contributed by atoms with Crippen molar-refractivity contribution in [2.45, 2.75) is 30.6 Å². The third-order valence-electron chi connectivity index (χ3n) is 5.06. The predicted octanol–water partition coefficient (Wildman–Crippen LogP) is 3.98. The second-order valence-corrected chi connectivity index (χ2v) is 8.73. The van der Waals surface area contributed by atoms with Crippen LogP contribution in [0.3, 0.4) is 0 Å². The van der Waals surface area contributed by atoms with Gasteiger partial charge in [-0.1, -0.05) is 18.2 Å². The van der Waals surface area contributed by atoms with Crippen molar-refractivity contribution >= 4 is 17.7 Å². The lowest BCUT2D eigenvalue weighted by Gasteiger charge is -2.21. The summed E-state index contributed by atoms with van der Waals surface area (Å²) in [5, 5.41) is 6.86. The Morgan fingerprint density at radius 2 is 1.90 bits per heavy atom. The maximum atomic E-state index is 5.85. The second kappa shape index (κ2) is 14.9. The standard InChI is InChI=1S/C24H35N3O3S/c1-2-7-23(8-3-1)31-19-14-27-24(26-13-9-22-6-4-16-30-22)25-12-5-15-29-20-21-10-17-28-18-11-21/h1-4,6-8,16,21H,5,9-15,17-20H2,(H2,25,26,27). The quantitative estimate of drug-likeness (QED) is 0.210. The number of benzene rings is 1. The molecule has 1 aliphatic heterocycles. The van der Waals surface area contributed by atoms with Crippen molar-refractivity contribution in [3.05, 3.63) is 54.5 Å². The largest absolute Gasteiger partial charge is 0.469 e. The molecule has 2 N–H and O–H groups in total. The van der Waals surface area contributed by atoms with Crippen molar-refractivity contribution in [3.63, 3.8) is 0 Å². The van der Waals surface area contributed by atoms with Crippen LogP contribution in [0.2, 0.25) is 0 Å². The normalized spacial score (nSPS) is 15.2. The van der Waals surface area contributed by atoms with Crippen LogP contribution in [0, 0.1) is 5.92 Å². The summed E-state index contributed by atoms with van der Waals surface area (Å²) >= 11 is 1.84. The smallest absolute Gasteiger partial charge is 0.191 e. The molecule has 170 valence electrons. The Morgan fingerprint density at radius 3 is 2.71 bits per heavy atom. The molecule has 2 heterocycles. The minimum atomic E-state index is 0.653. The molecule has 1 aromatic heterocycles. The first-order chi connectivity index (χ1) is 15.4. The van der Waals surface area contributed by atoms with Crippen molar-refractivity contribution < 1.29 is 13.9 Å². The molecule has 6 nitrogen and oxygen atoms in total. The summed E-state index contributed by atoms with van der Waals surface area (Å²) < 4.78 is 16.7. The van der Waals surface area contributed by atoms with E-state index >= 15 is 0 Å². The van der Waals surface area contributed by atoms with E-state index in [9.17, 15) is 0 Å². The maximum absolute atomic E-state index is 5.85. The number of hydrogen-bond donors (Lipinski definition) is 2. The van der Waals surface area contributed by atoms with Gasteiger partial charge in [0.25, 0.3) is 0 Å². The monoisotopic (exact) mass is 445 g/mol. The lowest BCUT2D eigenvalue weighted by atomic mass is 10.0. The molecule has 0 spiro atoms. The number of guanidine groups is 1. The summed E-state index contributed by atoms with van der Waals surface area (Å²) in [6.07, 6.45) is 5.71. The molecule has 0 radical (unpaired) electrons. The van der Waals surface area contributed by atoms with E-state index in [1.54, 1.807) is 6.26 Å². The molecule has 3 rings (SSSR count). The predicted molar refractivity (Wildman–Crippen MR) is 127 cm³/mol. The molecule has 0 unspecified atom stereocenters. The van der Waals surface area contributed by atoms with Crippen LogP contribution in [0.25, 0.3) is 0 Å². The highest BCUT2D eigenvalue weighted by Crippen LogP contribution is 2.16. The van der Waals surface area contributed by atoms with Crippen LogP contribution >= 0.6 is 11.8 Å². The zero-order valence-corrected chi connectivity index (χ0v) is 19.1. The summed E-state index contributed by atoms with van der Waals surface area (Å²) in [4.78, 5) is 6.01. The molecule has 2 aromatic rings. The van der Waals surface area contributed by atoms with Gasteiger partial charge >= 0.3 is 0 Å². The highest BCUT2D eigenvalue weighted by Gasteiger charge is 2.13. The van der Waals surface area contributed by atoms with Gasteiger partial charge in [0.05, 0.1) is 6.26 Å². The summed E-state index contributed by atoms with van der Waals surface area (Å²) in [7, 11) is 0. The van der Waals surface area contributed by atoms with Crippen molar-refractivity contribution in [2.24, 2.45) is 10.9 Å². The second-order valence-electron chi connectivity index (χ2n) is 7.56. The molecular weight excluding hydrogens is 410 g/mol. The van der Waals surface area contributed by atoms with Gasteiger partial charge in [-0.05, 0) is 49.4 Å². The van der Waals surface area contributed by atoms with Crippen LogP contribution in [0.15, 0.2) is 63.0 Å². The van der Waals surface area contributed by atoms with Gasteiger partial charge in [-0.15, -0.1) is 11.8 Å². The number of ether oxygens (including phenoxy) is 2. The molecule has 1 saturated heterocycles. The van der Waals surface area contributed by atoms with Crippen LogP contribution in [-0.4, -0.2) is 57.8 Å². The first-order valence-electron chi connectivity index (χ1n) is 11.3. The van der Waals surface area contributed by atoms with Crippen LogP contribution < -0.4 is 10.6 Å². The molecule has 7 heteroatoms. The average Bonchev–Trinajstić information content (AvgIpc) is 3.33. The Balaban J connectivity index is 1.33. The van der Waals surface area contributed by atoms with Crippen LogP contribution in [-0.2, 0) is 15.9 Å². The van der Waals surface area contributed by atoms with E-state index in [4.69, 9.17) is 18.9 Å². The third-order valence-corrected chi connectivity index (χ3v) is 6.08. The average molecular weight is 446 g/mol. The fourth-order valence-electron chi connectivity index (χ4n) is 3.31. The van der Waals surface area contributed by atoms with Crippen molar-refractivity contribution in [1.29, 1.82) is 0 Å². The first-order valence-corrected chi connectivity index (χ1v) is 12.3. The van der Waals surface area contributed by atoms with E-state index < -0.39 is 0 Å². The molecule has 0 saturated carbocycles. The van der Waals surface area contributed by atoms with Gasteiger partial charge in [-0.3, -0.25) is 4.99 Å². The van der Waals surface area contributed by atoms with E-state index in [1.165, 1.54) is 4.90 Å². The number of hydrogen-bond acceptors (Lipinski definition) is 5. The molecule has 0 amide bonds. The molecular formula is C24H35N3O3S. The molecule has 31 heavy (non-hydrogen) atoms. The van der Waals surface area contributed by atoms with Crippen LogP contribution in [0.5, 0.6) is 0 Å². The van der Waals surface area contributed by atoms with E-state index in [0.717, 1.165) is 89.2 Å². The van der Waals surface area contributed by atoms with E-state index in [2.05, 4.69) is 34.9 Å². The molecule has 0 atom stereocenters. The number of nitrogens with one attached hydrogen (secondary N) is 2. The van der Waals surface area contributed by atoms with Gasteiger partial charge < -0.3 is 24.5 Å². The number of nitrogens with zero attached hydrogens (tertiary/aromatic N) is 1. The molecule has 1 aromatic carbocycles. The molecule has 0 bridgehead atoms. The molecule has 1 aliphatic rings. The number of thioether (sulfide) groups is 1. The Labute approximate surface area is 190 Å². The van der Waals surface area contributed by atoms with Gasteiger partial charge in [0.1, 0.15) is 5.76 Å². The minimum absolute atomic E-state index is 0.653. The molecule has 0 aliphatic carbocycles.